The molecule has 1 N–H and O–H groups in total. The van der Waals surface area contributed by atoms with Gasteiger partial charge in [-0.2, -0.15) is 18.2 Å². The molecular formula is C13H9F3N2O3. The summed E-state index contributed by atoms with van der Waals surface area (Å²) in [5.74, 6) is -2.11. The fourth-order valence-corrected chi connectivity index (χ4v) is 1.49. The van der Waals surface area contributed by atoms with Crippen LogP contribution in [0.5, 0.6) is 11.6 Å². The largest absolute Gasteiger partial charge is 0.477 e. The molecule has 0 spiro atoms. The second kappa shape index (κ2) is 5.78. The zero-order valence-corrected chi connectivity index (χ0v) is 10.5. The number of hydrogen-bond donors (Lipinski definition) is 1. The molecule has 1 heterocycles. The van der Waals surface area contributed by atoms with Crippen molar-refractivity contribution in [2.75, 3.05) is 0 Å². The second-order valence-corrected chi connectivity index (χ2v) is 4.02. The third-order valence-corrected chi connectivity index (χ3v) is 2.35. The monoisotopic (exact) mass is 298 g/mol. The summed E-state index contributed by atoms with van der Waals surface area (Å²) in [5.41, 5.74) is -0.412. The zero-order valence-electron chi connectivity index (χ0n) is 10.5. The quantitative estimate of drug-likeness (QED) is 0.939. The lowest BCUT2D eigenvalue weighted by Crippen LogP contribution is -2.15. The first-order valence-electron chi connectivity index (χ1n) is 5.74. The van der Waals surface area contributed by atoms with Crippen molar-refractivity contribution in [1.29, 1.82) is 0 Å². The van der Waals surface area contributed by atoms with Gasteiger partial charge in [0.25, 0.3) is 0 Å². The van der Waals surface area contributed by atoms with Crippen molar-refractivity contribution in [2.45, 2.75) is 12.6 Å². The van der Waals surface area contributed by atoms with E-state index in [9.17, 15) is 18.0 Å². The molecule has 2 rings (SSSR count). The van der Waals surface area contributed by atoms with E-state index in [1.54, 1.807) is 18.2 Å². The summed E-state index contributed by atoms with van der Waals surface area (Å²) < 4.78 is 42.2. The molecule has 0 aliphatic carbocycles. The highest BCUT2D eigenvalue weighted by atomic mass is 19.4. The maximum Gasteiger partial charge on any atom is 0.396 e. The highest BCUT2D eigenvalue weighted by Crippen LogP contribution is 2.25. The van der Waals surface area contributed by atoms with Crippen LogP contribution in [0.15, 0.2) is 36.5 Å². The van der Waals surface area contributed by atoms with E-state index in [1.165, 1.54) is 12.1 Å². The molecule has 0 saturated heterocycles. The predicted molar refractivity (Wildman–Crippen MR) is 65.3 cm³/mol. The van der Waals surface area contributed by atoms with Crippen molar-refractivity contribution in [2.24, 2.45) is 0 Å². The Kier molecular flexibility index (Phi) is 4.06. The van der Waals surface area contributed by atoms with E-state index in [0.717, 1.165) is 6.20 Å². The summed E-state index contributed by atoms with van der Waals surface area (Å²) in [6.07, 6.45) is -5.05. The van der Waals surface area contributed by atoms with Gasteiger partial charge in [0.05, 0.1) is 0 Å². The van der Waals surface area contributed by atoms with Crippen LogP contribution in [0.3, 0.4) is 0 Å². The number of benzene rings is 1. The predicted octanol–water partition coefficient (Wildman–Crippen LogP) is 3.07. The van der Waals surface area contributed by atoms with E-state index in [4.69, 9.17) is 9.84 Å². The minimum atomic E-state index is -4.49. The number of aromatic nitrogens is 2. The lowest BCUT2D eigenvalue weighted by Gasteiger charge is -2.10. The summed E-state index contributed by atoms with van der Waals surface area (Å²) in [6, 6.07) is 8.02. The van der Waals surface area contributed by atoms with Gasteiger partial charge in [-0.1, -0.05) is 18.2 Å². The molecule has 0 fully saturated rings. The van der Waals surface area contributed by atoms with Gasteiger partial charge in [-0.25, -0.2) is 9.78 Å². The van der Waals surface area contributed by atoms with Crippen molar-refractivity contribution in [1.82, 2.24) is 9.97 Å². The number of halogens is 3. The molecule has 21 heavy (non-hydrogen) atoms. The Labute approximate surface area is 117 Å². The lowest BCUT2D eigenvalue weighted by atomic mass is 10.3. The number of para-hydroxylation sites is 1. The van der Waals surface area contributed by atoms with Gasteiger partial charge in [-0.05, 0) is 12.1 Å². The van der Waals surface area contributed by atoms with Crippen molar-refractivity contribution in [3.05, 3.63) is 47.9 Å². The fraction of sp³-hybridized carbons (Fsp3) is 0.154. The first-order chi connectivity index (χ1) is 9.85. The molecule has 2 aromatic rings. The Hall–Kier alpha value is -2.64. The van der Waals surface area contributed by atoms with Crippen molar-refractivity contribution < 1.29 is 27.8 Å². The molecular weight excluding hydrogens is 289 g/mol. The van der Waals surface area contributed by atoms with E-state index >= 15 is 0 Å². The molecule has 0 radical (unpaired) electrons. The molecule has 1 aromatic carbocycles. The van der Waals surface area contributed by atoms with Gasteiger partial charge >= 0.3 is 12.1 Å². The Morgan fingerprint density at radius 2 is 1.90 bits per heavy atom. The summed E-state index contributed by atoms with van der Waals surface area (Å²) in [6.45, 7) is 0. The molecule has 8 heteroatoms. The van der Waals surface area contributed by atoms with Crippen LogP contribution in [0.1, 0.15) is 16.2 Å². The van der Waals surface area contributed by atoms with E-state index in [1.807, 2.05) is 0 Å². The standard InChI is InChI=1S/C13H9F3N2O3/c14-13(15,16)6-10-17-7-9(12(19)20)11(18-10)21-8-4-2-1-3-5-8/h1-5,7H,6H2,(H,19,20). The molecule has 0 aliphatic rings. The number of alkyl halides is 3. The van der Waals surface area contributed by atoms with Crippen LogP contribution in [0.25, 0.3) is 0 Å². The number of carboxylic acids is 1. The summed E-state index contributed by atoms with van der Waals surface area (Å²) >= 11 is 0. The summed E-state index contributed by atoms with van der Waals surface area (Å²) in [4.78, 5) is 18.0. The van der Waals surface area contributed by atoms with Crippen molar-refractivity contribution >= 4 is 5.97 Å². The van der Waals surface area contributed by atoms with Crippen LogP contribution in [0.2, 0.25) is 0 Å². The normalized spacial score (nSPS) is 11.2. The zero-order chi connectivity index (χ0) is 15.5. The van der Waals surface area contributed by atoms with Gasteiger partial charge in [0, 0.05) is 6.20 Å². The SMILES string of the molecule is O=C(O)c1cnc(CC(F)(F)F)nc1Oc1ccccc1. The number of ether oxygens (including phenoxy) is 1. The first kappa shape index (κ1) is 14.8. The maximum atomic E-state index is 12.3. The average molecular weight is 298 g/mol. The lowest BCUT2D eigenvalue weighted by molar-refractivity contribution is -0.128. The molecule has 1 aromatic heterocycles. The van der Waals surface area contributed by atoms with E-state index in [-0.39, 0.29) is 5.75 Å². The number of hydrogen-bond acceptors (Lipinski definition) is 4. The molecule has 0 saturated carbocycles. The van der Waals surface area contributed by atoms with Gasteiger partial charge in [0.2, 0.25) is 5.88 Å². The Morgan fingerprint density at radius 3 is 2.48 bits per heavy atom. The summed E-state index contributed by atoms with van der Waals surface area (Å²) in [5, 5.41) is 8.98. The van der Waals surface area contributed by atoms with Crippen LogP contribution in [0.4, 0.5) is 13.2 Å². The number of rotatable bonds is 4. The van der Waals surface area contributed by atoms with E-state index in [2.05, 4.69) is 9.97 Å². The molecule has 0 atom stereocenters. The smallest absolute Gasteiger partial charge is 0.396 e. The number of nitrogens with zero attached hydrogens (tertiary/aromatic N) is 2. The van der Waals surface area contributed by atoms with Crippen LogP contribution >= 0.6 is 0 Å². The first-order valence-corrected chi connectivity index (χ1v) is 5.74. The summed E-state index contributed by atoms with van der Waals surface area (Å²) in [7, 11) is 0. The van der Waals surface area contributed by atoms with Crippen molar-refractivity contribution in [3.8, 4) is 11.6 Å². The molecule has 0 amide bonds. The number of carboxylic acid groups (broad SMARTS) is 1. The third-order valence-electron chi connectivity index (χ3n) is 2.35. The molecule has 5 nitrogen and oxygen atoms in total. The van der Waals surface area contributed by atoms with E-state index < -0.39 is 35.8 Å². The molecule has 0 bridgehead atoms. The third kappa shape index (κ3) is 4.16. The highest BCUT2D eigenvalue weighted by Gasteiger charge is 2.30. The number of aromatic carboxylic acids is 1. The maximum absolute atomic E-state index is 12.3. The topological polar surface area (TPSA) is 72.3 Å². The van der Waals surface area contributed by atoms with Gasteiger partial charge in [-0.3, -0.25) is 0 Å². The van der Waals surface area contributed by atoms with E-state index in [0.29, 0.717) is 0 Å². The van der Waals surface area contributed by atoms with Crippen LogP contribution < -0.4 is 4.74 Å². The molecule has 110 valence electrons. The Morgan fingerprint density at radius 1 is 1.24 bits per heavy atom. The van der Waals surface area contributed by atoms with Crippen LogP contribution in [-0.2, 0) is 6.42 Å². The molecule has 0 aliphatic heterocycles. The number of carbonyl (C=O) groups is 1. The van der Waals surface area contributed by atoms with Gasteiger partial charge < -0.3 is 9.84 Å². The van der Waals surface area contributed by atoms with Gasteiger partial charge in [0.15, 0.2) is 0 Å². The van der Waals surface area contributed by atoms with Gasteiger partial charge in [0.1, 0.15) is 23.6 Å². The molecule has 0 unspecified atom stereocenters. The van der Waals surface area contributed by atoms with Crippen molar-refractivity contribution in [3.63, 3.8) is 0 Å². The Balaban J connectivity index is 2.35. The average Bonchev–Trinajstić information content (AvgIpc) is 2.37. The minimum Gasteiger partial charge on any atom is -0.477 e. The fourth-order valence-electron chi connectivity index (χ4n) is 1.49. The van der Waals surface area contributed by atoms with Crippen LogP contribution in [0, 0.1) is 0 Å². The minimum absolute atomic E-state index is 0.261. The highest BCUT2D eigenvalue weighted by molar-refractivity contribution is 5.89. The van der Waals surface area contributed by atoms with Gasteiger partial charge in [-0.15, -0.1) is 0 Å². The second-order valence-electron chi connectivity index (χ2n) is 4.02. The van der Waals surface area contributed by atoms with Crippen LogP contribution in [-0.4, -0.2) is 27.2 Å². The Bertz CT molecular complexity index is 645.